The normalized spacial score (nSPS) is 11.8. The number of rotatable bonds is 3. The lowest BCUT2D eigenvalue weighted by molar-refractivity contribution is 0.0514. The van der Waals surface area contributed by atoms with Gasteiger partial charge in [0.05, 0.1) is 25.7 Å². The summed E-state index contributed by atoms with van der Waals surface area (Å²) >= 11 is 0. The third-order valence-corrected chi connectivity index (χ3v) is 4.31. The molecule has 0 aliphatic rings. The van der Waals surface area contributed by atoms with Crippen LogP contribution in [0.1, 0.15) is 20.8 Å². The number of carbonyl (C=O) groups excluding carboxylic acids is 1. The van der Waals surface area contributed by atoms with Crippen LogP contribution in [-0.4, -0.2) is 48.0 Å². The van der Waals surface area contributed by atoms with Gasteiger partial charge in [0.1, 0.15) is 16.9 Å². The number of methoxy groups -OCH3 is 1. The van der Waals surface area contributed by atoms with Gasteiger partial charge in [-0.1, -0.05) is 0 Å². The van der Waals surface area contributed by atoms with Crippen LogP contribution in [0.4, 0.5) is 4.79 Å². The highest BCUT2D eigenvalue weighted by atomic mass is 16.6. The van der Waals surface area contributed by atoms with Crippen molar-refractivity contribution in [1.82, 2.24) is 29.2 Å². The van der Waals surface area contributed by atoms with Gasteiger partial charge in [0, 0.05) is 47.9 Å². The van der Waals surface area contributed by atoms with Gasteiger partial charge in [0.25, 0.3) is 0 Å². The highest BCUT2D eigenvalue weighted by Gasteiger charge is 2.20. The van der Waals surface area contributed by atoms with E-state index in [-0.39, 0.29) is 0 Å². The largest absolute Gasteiger partial charge is 0.494 e. The molecule has 4 aromatic rings. The standard InChI is InChI=1S/C20H22N6O3/c1-20(2,3)29-19(27)26-12-15(8-22-26)16-9-23-25-11-13(6-17(28-5)18(16)25)14-7-21-24(4)10-14/h6-12H,1-5H3. The maximum absolute atomic E-state index is 12.3. The molecule has 0 N–H and O–H groups in total. The Kier molecular flexibility index (Phi) is 4.37. The maximum Gasteiger partial charge on any atom is 0.435 e. The molecule has 29 heavy (non-hydrogen) atoms. The molecule has 9 nitrogen and oxygen atoms in total. The number of hydrogen-bond acceptors (Lipinski definition) is 6. The van der Waals surface area contributed by atoms with Crippen molar-refractivity contribution in [2.75, 3.05) is 7.11 Å². The van der Waals surface area contributed by atoms with Crippen LogP contribution in [0, 0.1) is 0 Å². The lowest BCUT2D eigenvalue weighted by Crippen LogP contribution is -2.27. The minimum atomic E-state index is -0.598. The van der Waals surface area contributed by atoms with Gasteiger partial charge < -0.3 is 9.47 Å². The quantitative estimate of drug-likeness (QED) is 0.529. The van der Waals surface area contributed by atoms with Gasteiger partial charge in [-0.3, -0.25) is 4.68 Å². The third kappa shape index (κ3) is 3.58. The number of fused-ring (bicyclic) bond motifs is 1. The van der Waals surface area contributed by atoms with Crippen molar-refractivity contribution in [3.05, 3.63) is 43.2 Å². The minimum Gasteiger partial charge on any atom is -0.494 e. The summed E-state index contributed by atoms with van der Waals surface area (Å²) in [4.78, 5) is 12.3. The molecule has 0 unspecified atom stereocenters. The Balaban J connectivity index is 1.75. The number of aromatic nitrogens is 6. The van der Waals surface area contributed by atoms with E-state index in [9.17, 15) is 4.79 Å². The highest BCUT2D eigenvalue weighted by Crippen LogP contribution is 2.34. The Labute approximate surface area is 167 Å². The molecule has 150 valence electrons. The molecule has 9 heteroatoms. The van der Waals surface area contributed by atoms with E-state index in [1.165, 1.54) is 4.68 Å². The lowest BCUT2D eigenvalue weighted by Gasteiger charge is -2.18. The van der Waals surface area contributed by atoms with Gasteiger partial charge >= 0.3 is 6.09 Å². The summed E-state index contributed by atoms with van der Waals surface area (Å²) in [6.45, 7) is 5.43. The Morgan fingerprint density at radius 1 is 0.966 bits per heavy atom. The summed E-state index contributed by atoms with van der Waals surface area (Å²) in [5.41, 5.74) is 3.61. The van der Waals surface area contributed by atoms with Crippen LogP contribution in [0.2, 0.25) is 0 Å². The number of hydrogen-bond donors (Lipinski definition) is 0. The second kappa shape index (κ2) is 6.77. The first-order valence-electron chi connectivity index (χ1n) is 9.08. The van der Waals surface area contributed by atoms with Gasteiger partial charge in [0.2, 0.25) is 0 Å². The summed E-state index contributed by atoms with van der Waals surface area (Å²) in [5, 5.41) is 12.8. The average molecular weight is 394 g/mol. The van der Waals surface area contributed by atoms with Crippen LogP contribution < -0.4 is 4.74 Å². The van der Waals surface area contributed by atoms with Crippen molar-refractivity contribution < 1.29 is 14.3 Å². The first-order chi connectivity index (χ1) is 13.7. The number of ether oxygens (including phenoxy) is 2. The molecule has 0 amide bonds. The fourth-order valence-corrected chi connectivity index (χ4v) is 3.05. The van der Waals surface area contributed by atoms with E-state index in [2.05, 4.69) is 15.3 Å². The van der Waals surface area contributed by atoms with E-state index in [0.717, 1.165) is 27.8 Å². The second-order valence-corrected chi connectivity index (χ2v) is 7.71. The zero-order chi connectivity index (χ0) is 20.8. The Morgan fingerprint density at radius 3 is 2.38 bits per heavy atom. The van der Waals surface area contributed by atoms with Gasteiger partial charge in [-0.05, 0) is 26.8 Å². The van der Waals surface area contributed by atoms with Crippen LogP contribution >= 0.6 is 0 Å². The maximum atomic E-state index is 12.3. The number of pyridine rings is 1. The molecule has 0 aliphatic carbocycles. The van der Waals surface area contributed by atoms with Crippen LogP contribution in [0.5, 0.6) is 5.75 Å². The first kappa shape index (κ1) is 18.7. The molecule has 0 spiro atoms. The Bertz CT molecular complexity index is 1190. The van der Waals surface area contributed by atoms with E-state index in [4.69, 9.17) is 9.47 Å². The van der Waals surface area contributed by atoms with Crippen molar-refractivity contribution >= 4 is 11.6 Å². The average Bonchev–Trinajstić information content (AvgIpc) is 3.37. The van der Waals surface area contributed by atoms with Gasteiger partial charge in [-0.15, -0.1) is 0 Å². The molecule has 4 heterocycles. The summed E-state index contributed by atoms with van der Waals surface area (Å²) in [6, 6.07) is 1.94. The summed E-state index contributed by atoms with van der Waals surface area (Å²) in [6.07, 6.45) is 10.0. The summed E-state index contributed by atoms with van der Waals surface area (Å²) in [5.74, 6) is 0.656. The van der Waals surface area contributed by atoms with E-state index >= 15 is 0 Å². The van der Waals surface area contributed by atoms with Crippen molar-refractivity contribution in [3.8, 4) is 28.0 Å². The molecule has 0 atom stereocenters. The van der Waals surface area contributed by atoms with Gasteiger partial charge in [0.15, 0.2) is 0 Å². The highest BCUT2D eigenvalue weighted by molar-refractivity contribution is 5.86. The molecule has 0 aromatic carbocycles. The zero-order valence-corrected chi connectivity index (χ0v) is 16.9. The van der Waals surface area contributed by atoms with Crippen LogP contribution in [0.15, 0.2) is 43.2 Å². The van der Waals surface area contributed by atoms with Crippen molar-refractivity contribution in [2.24, 2.45) is 7.05 Å². The van der Waals surface area contributed by atoms with E-state index in [1.807, 2.05) is 46.3 Å². The van der Waals surface area contributed by atoms with E-state index < -0.39 is 11.7 Å². The molecule has 0 saturated carbocycles. The molecule has 4 rings (SSSR count). The van der Waals surface area contributed by atoms with E-state index in [1.54, 1.807) is 41.1 Å². The van der Waals surface area contributed by atoms with Crippen molar-refractivity contribution in [1.29, 1.82) is 0 Å². The van der Waals surface area contributed by atoms with Gasteiger partial charge in [-0.2, -0.15) is 20.0 Å². The van der Waals surface area contributed by atoms with Crippen LogP contribution in [0.25, 0.3) is 27.8 Å². The molecule has 0 saturated heterocycles. The molecule has 4 aromatic heterocycles. The van der Waals surface area contributed by atoms with E-state index in [0.29, 0.717) is 5.75 Å². The van der Waals surface area contributed by atoms with Crippen LogP contribution in [-0.2, 0) is 11.8 Å². The van der Waals surface area contributed by atoms with Crippen LogP contribution in [0.3, 0.4) is 0 Å². The predicted molar refractivity (Wildman–Crippen MR) is 107 cm³/mol. The predicted octanol–water partition coefficient (Wildman–Crippen LogP) is 3.39. The Hall–Kier alpha value is -3.62. The topological polar surface area (TPSA) is 88.5 Å². The van der Waals surface area contributed by atoms with Crippen molar-refractivity contribution in [2.45, 2.75) is 26.4 Å². The summed E-state index contributed by atoms with van der Waals surface area (Å²) in [7, 11) is 3.48. The molecular weight excluding hydrogens is 372 g/mol. The van der Waals surface area contributed by atoms with Gasteiger partial charge in [-0.25, -0.2) is 9.31 Å². The monoisotopic (exact) mass is 394 g/mol. The smallest absolute Gasteiger partial charge is 0.435 e. The number of carbonyl (C=O) groups is 1. The molecular formula is C20H22N6O3. The fraction of sp³-hybridized carbons (Fsp3) is 0.300. The molecule has 0 radical (unpaired) electrons. The molecule has 0 bridgehead atoms. The first-order valence-corrected chi connectivity index (χ1v) is 9.08. The fourth-order valence-electron chi connectivity index (χ4n) is 3.05. The lowest BCUT2D eigenvalue weighted by atomic mass is 10.1. The second-order valence-electron chi connectivity index (χ2n) is 7.71. The summed E-state index contributed by atoms with van der Waals surface area (Å²) < 4.78 is 15.7. The molecule has 0 aliphatic heterocycles. The number of aryl methyl sites for hydroxylation is 1. The Morgan fingerprint density at radius 2 is 1.72 bits per heavy atom. The molecule has 0 fully saturated rings. The number of nitrogens with zero attached hydrogens (tertiary/aromatic N) is 6. The van der Waals surface area contributed by atoms with Crippen molar-refractivity contribution in [3.63, 3.8) is 0 Å². The zero-order valence-electron chi connectivity index (χ0n) is 16.9. The third-order valence-electron chi connectivity index (χ3n) is 4.31. The SMILES string of the molecule is COc1cc(-c2cnn(C)c2)cn2ncc(-c3cnn(C(=O)OC(C)(C)C)c3)c12. The minimum absolute atomic E-state index is 0.536.